The zero-order valence-electron chi connectivity index (χ0n) is 15.2. The van der Waals surface area contributed by atoms with Gasteiger partial charge < -0.3 is 20.1 Å². The summed E-state index contributed by atoms with van der Waals surface area (Å²) in [5, 5.41) is 12.2. The van der Waals surface area contributed by atoms with Gasteiger partial charge in [-0.15, -0.1) is 0 Å². The molecule has 6 nitrogen and oxygen atoms in total. The van der Waals surface area contributed by atoms with Crippen LogP contribution in [-0.4, -0.2) is 41.7 Å². The molecule has 1 heterocycles. The minimum absolute atomic E-state index is 0.167. The second-order valence-corrected chi connectivity index (χ2v) is 6.87. The number of para-hydroxylation sites is 1. The number of rotatable bonds is 7. The lowest BCUT2D eigenvalue weighted by Crippen LogP contribution is -2.41. The third-order valence-electron chi connectivity index (χ3n) is 4.42. The molecule has 1 aliphatic rings. The highest BCUT2D eigenvalue weighted by molar-refractivity contribution is 5.77. The van der Waals surface area contributed by atoms with Gasteiger partial charge in [-0.1, -0.05) is 32.0 Å². The highest BCUT2D eigenvalue weighted by Crippen LogP contribution is 2.30. The molecular weight excluding hydrogens is 320 g/mol. The lowest BCUT2D eigenvalue weighted by atomic mass is 9.96. The van der Waals surface area contributed by atoms with Crippen molar-refractivity contribution in [3.8, 4) is 5.75 Å². The number of ether oxygens (including phenoxy) is 1. The number of aliphatic carboxylic acids is 1. The summed E-state index contributed by atoms with van der Waals surface area (Å²) in [5.74, 6) is -0.133. The molecule has 2 atom stereocenters. The zero-order valence-corrected chi connectivity index (χ0v) is 15.2. The molecule has 25 heavy (non-hydrogen) atoms. The highest BCUT2D eigenvalue weighted by atomic mass is 16.5. The summed E-state index contributed by atoms with van der Waals surface area (Å²) in [6.07, 6.45) is 1.29. The van der Waals surface area contributed by atoms with Crippen molar-refractivity contribution in [1.82, 2.24) is 10.2 Å². The Balaban J connectivity index is 2.13. The third kappa shape index (κ3) is 5.11. The van der Waals surface area contributed by atoms with Gasteiger partial charge in [-0.05, 0) is 31.7 Å². The van der Waals surface area contributed by atoms with Crippen molar-refractivity contribution in [3.63, 3.8) is 0 Å². The summed E-state index contributed by atoms with van der Waals surface area (Å²) >= 11 is 0. The van der Waals surface area contributed by atoms with Gasteiger partial charge in [0, 0.05) is 18.7 Å². The average Bonchev–Trinajstić information content (AvgIpc) is 3.05. The van der Waals surface area contributed by atoms with Gasteiger partial charge in [-0.3, -0.25) is 4.79 Å². The fraction of sp³-hybridized carbons (Fsp3) is 0.579. The molecule has 0 aliphatic carbocycles. The van der Waals surface area contributed by atoms with E-state index in [-0.39, 0.29) is 18.6 Å². The van der Waals surface area contributed by atoms with Gasteiger partial charge >= 0.3 is 12.0 Å². The highest BCUT2D eigenvalue weighted by Gasteiger charge is 2.32. The second kappa shape index (κ2) is 8.74. The molecule has 2 amide bonds. The Morgan fingerprint density at radius 3 is 2.68 bits per heavy atom. The first-order valence-corrected chi connectivity index (χ1v) is 8.92. The quantitative estimate of drug-likeness (QED) is 0.792. The summed E-state index contributed by atoms with van der Waals surface area (Å²) in [6.45, 7) is 7.46. The first kappa shape index (κ1) is 19.1. The number of carboxylic acid groups (broad SMARTS) is 1. The maximum absolute atomic E-state index is 12.6. The van der Waals surface area contributed by atoms with Crippen LogP contribution in [0.3, 0.4) is 0 Å². The number of hydrogen-bond acceptors (Lipinski definition) is 3. The van der Waals surface area contributed by atoms with Crippen LogP contribution in [0.5, 0.6) is 5.75 Å². The molecule has 0 bridgehead atoms. The lowest BCUT2D eigenvalue weighted by molar-refractivity contribution is -0.141. The smallest absolute Gasteiger partial charge is 0.317 e. The van der Waals surface area contributed by atoms with Crippen LogP contribution in [0.1, 0.15) is 45.2 Å². The summed E-state index contributed by atoms with van der Waals surface area (Å²) in [7, 11) is 0. The van der Waals surface area contributed by atoms with Crippen LogP contribution in [0, 0.1) is 11.8 Å². The number of hydrogen-bond donors (Lipinski definition) is 2. The topological polar surface area (TPSA) is 78.9 Å². The number of likely N-dealkylation sites (tertiary alicyclic amines) is 1. The molecule has 1 aliphatic heterocycles. The minimum atomic E-state index is -0.837. The van der Waals surface area contributed by atoms with Crippen LogP contribution in [0.25, 0.3) is 0 Å². The van der Waals surface area contributed by atoms with E-state index in [1.165, 1.54) is 0 Å². The molecule has 0 saturated carbocycles. The Labute approximate surface area is 149 Å². The van der Waals surface area contributed by atoms with Gasteiger partial charge in [0.1, 0.15) is 5.75 Å². The first-order chi connectivity index (χ1) is 11.9. The normalized spacial score (nSPS) is 18.2. The number of carboxylic acids is 1. The van der Waals surface area contributed by atoms with Crippen molar-refractivity contribution in [2.24, 2.45) is 11.8 Å². The van der Waals surface area contributed by atoms with Crippen molar-refractivity contribution in [1.29, 1.82) is 0 Å². The van der Waals surface area contributed by atoms with Crippen molar-refractivity contribution in [2.75, 3.05) is 19.7 Å². The number of urea groups is 1. The summed E-state index contributed by atoms with van der Waals surface area (Å²) < 4.78 is 5.71. The van der Waals surface area contributed by atoms with Crippen LogP contribution < -0.4 is 10.1 Å². The molecule has 1 aromatic carbocycles. The maximum atomic E-state index is 12.6. The van der Waals surface area contributed by atoms with Crippen LogP contribution >= 0.6 is 0 Å². The van der Waals surface area contributed by atoms with Crippen molar-refractivity contribution >= 4 is 12.0 Å². The van der Waals surface area contributed by atoms with E-state index >= 15 is 0 Å². The third-order valence-corrected chi connectivity index (χ3v) is 4.42. The average molecular weight is 348 g/mol. The van der Waals surface area contributed by atoms with Gasteiger partial charge in [0.05, 0.1) is 18.6 Å². The van der Waals surface area contributed by atoms with Gasteiger partial charge in [0.15, 0.2) is 0 Å². The number of carbonyl (C=O) groups is 2. The summed E-state index contributed by atoms with van der Waals surface area (Å²) in [6, 6.07) is 7.37. The van der Waals surface area contributed by atoms with Crippen molar-refractivity contribution < 1.29 is 19.4 Å². The predicted octanol–water partition coefficient (Wildman–Crippen LogP) is 3.29. The van der Waals surface area contributed by atoms with Crippen LogP contribution in [-0.2, 0) is 4.79 Å². The minimum Gasteiger partial charge on any atom is -0.494 e. The molecule has 2 N–H and O–H groups in total. The van der Waals surface area contributed by atoms with E-state index in [0.717, 1.165) is 17.7 Å². The fourth-order valence-electron chi connectivity index (χ4n) is 3.18. The molecule has 2 unspecified atom stereocenters. The van der Waals surface area contributed by atoms with E-state index in [2.05, 4.69) is 19.2 Å². The van der Waals surface area contributed by atoms with E-state index < -0.39 is 11.9 Å². The van der Waals surface area contributed by atoms with Gasteiger partial charge in [0.25, 0.3) is 0 Å². The molecule has 1 fully saturated rings. The maximum Gasteiger partial charge on any atom is 0.317 e. The number of benzene rings is 1. The zero-order chi connectivity index (χ0) is 18.4. The number of amides is 2. The van der Waals surface area contributed by atoms with E-state index in [0.29, 0.717) is 25.5 Å². The molecule has 2 rings (SSSR count). The monoisotopic (exact) mass is 348 g/mol. The van der Waals surface area contributed by atoms with Crippen LogP contribution in [0.4, 0.5) is 4.79 Å². The Hall–Kier alpha value is -2.24. The van der Waals surface area contributed by atoms with E-state index in [4.69, 9.17) is 9.84 Å². The molecular formula is C19H28N2O4. The Morgan fingerprint density at radius 1 is 1.36 bits per heavy atom. The number of carbonyl (C=O) groups excluding carboxylic acids is 1. The van der Waals surface area contributed by atoms with Crippen LogP contribution in [0.15, 0.2) is 24.3 Å². The van der Waals surface area contributed by atoms with E-state index in [9.17, 15) is 9.59 Å². The molecule has 0 spiro atoms. The molecule has 1 saturated heterocycles. The molecule has 1 aromatic rings. The largest absolute Gasteiger partial charge is 0.494 e. The van der Waals surface area contributed by atoms with Gasteiger partial charge in [-0.2, -0.15) is 0 Å². The van der Waals surface area contributed by atoms with Gasteiger partial charge in [0.2, 0.25) is 0 Å². The summed E-state index contributed by atoms with van der Waals surface area (Å²) in [4.78, 5) is 25.3. The Bertz CT molecular complexity index is 603. The molecule has 138 valence electrons. The van der Waals surface area contributed by atoms with E-state index in [1.54, 1.807) is 4.90 Å². The molecule has 0 radical (unpaired) electrons. The lowest BCUT2D eigenvalue weighted by Gasteiger charge is -2.26. The molecule has 0 aromatic heterocycles. The van der Waals surface area contributed by atoms with Crippen LogP contribution in [0.2, 0.25) is 0 Å². The Kier molecular flexibility index (Phi) is 6.67. The molecule has 6 heteroatoms. The van der Waals surface area contributed by atoms with Crippen molar-refractivity contribution in [2.45, 2.75) is 39.7 Å². The first-order valence-electron chi connectivity index (χ1n) is 8.92. The predicted molar refractivity (Wildman–Crippen MR) is 95.7 cm³/mol. The Morgan fingerprint density at radius 2 is 2.08 bits per heavy atom. The van der Waals surface area contributed by atoms with E-state index in [1.807, 2.05) is 31.2 Å². The SMILES string of the molecule is CCOc1ccccc1C(CC(C)C)NC(=O)N1CCC(C(=O)O)C1. The summed E-state index contributed by atoms with van der Waals surface area (Å²) in [5.41, 5.74) is 0.959. The fourth-order valence-corrected chi connectivity index (χ4v) is 3.18. The van der Waals surface area contributed by atoms with Crippen molar-refractivity contribution in [3.05, 3.63) is 29.8 Å². The second-order valence-electron chi connectivity index (χ2n) is 6.87. The standard InChI is InChI=1S/C19H28N2O4/c1-4-25-17-8-6-5-7-15(17)16(11-13(2)3)20-19(24)21-10-9-14(12-21)18(22)23/h5-8,13-14,16H,4,9-12H2,1-3H3,(H,20,24)(H,22,23). The van der Waals surface area contributed by atoms with Gasteiger partial charge in [-0.25, -0.2) is 4.79 Å². The number of nitrogens with one attached hydrogen (secondary N) is 1. The number of nitrogens with zero attached hydrogens (tertiary/aromatic N) is 1.